The molecule has 0 bridgehead atoms. The van der Waals surface area contributed by atoms with Gasteiger partial charge in [0, 0.05) is 22.4 Å². The number of aliphatic hydroxyl groups excluding tert-OH is 1. The lowest BCUT2D eigenvalue weighted by atomic mass is 9.97. The number of carbonyl (C=O) groups is 1. The highest BCUT2D eigenvalue weighted by molar-refractivity contribution is 9.10. The van der Waals surface area contributed by atoms with Crippen molar-refractivity contribution in [3.05, 3.63) is 64.4 Å². The zero-order valence-corrected chi connectivity index (χ0v) is 15.4. The molecule has 1 amide bonds. The number of alkyl carbamates (subject to hydrolysis) is 1. The highest BCUT2D eigenvalue weighted by atomic mass is 79.9. The zero-order chi connectivity index (χ0) is 17.7. The fourth-order valence-corrected chi connectivity index (χ4v) is 2.64. The number of nitrogens with one attached hydrogen (secondary N) is 1. The maximum atomic E-state index is 12.2. The van der Waals surface area contributed by atoms with Crippen LogP contribution < -0.4 is 5.32 Å². The lowest BCUT2D eigenvalue weighted by Crippen LogP contribution is -2.37. The molecule has 0 aliphatic heterocycles. The first-order valence-corrected chi connectivity index (χ1v) is 8.38. The van der Waals surface area contributed by atoms with Gasteiger partial charge in [-0.05, 0) is 44.5 Å². The predicted molar refractivity (Wildman–Crippen MR) is 95.4 cm³/mol. The highest BCUT2D eigenvalue weighted by Crippen LogP contribution is 2.30. The third kappa shape index (κ3) is 5.32. The van der Waals surface area contributed by atoms with Crippen molar-refractivity contribution in [3.63, 3.8) is 0 Å². The molecular weight excluding hydrogens is 372 g/mol. The molecule has 0 spiro atoms. The van der Waals surface area contributed by atoms with E-state index in [1.807, 2.05) is 24.3 Å². The van der Waals surface area contributed by atoms with Gasteiger partial charge in [0.1, 0.15) is 11.7 Å². The number of hydrogen-bond donors (Lipinski definition) is 2. The van der Waals surface area contributed by atoms with Gasteiger partial charge in [0.15, 0.2) is 0 Å². The van der Waals surface area contributed by atoms with Crippen molar-refractivity contribution in [1.29, 1.82) is 0 Å². The van der Waals surface area contributed by atoms with Crippen molar-refractivity contribution in [2.24, 2.45) is 0 Å². The summed E-state index contributed by atoms with van der Waals surface area (Å²) in [5, 5.41) is 13.5. The Morgan fingerprint density at radius 2 is 1.96 bits per heavy atom. The number of halogens is 1. The average Bonchev–Trinajstić information content (AvgIpc) is 2.51. The van der Waals surface area contributed by atoms with Crippen LogP contribution in [0.2, 0.25) is 0 Å². The molecule has 1 aromatic carbocycles. The van der Waals surface area contributed by atoms with Crippen LogP contribution in [-0.2, 0) is 4.74 Å². The second kappa shape index (κ2) is 7.77. The molecule has 5 nitrogen and oxygen atoms in total. The van der Waals surface area contributed by atoms with Crippen molar-refractivity contribution in [2.45, 2.75) is 38.5 Å². The molecule has 0 saturated heterocycles. The second-order valence-electron chi connectivity index (χ2n) is 6.41. The van der Waals surface area contributed by atoms with Gasteiger partial charge in [0.05, 0.1) is 6.04 Å². The van der Waals surface area contributed by atoms with Gasteiger partial charge in [0.25, 0.3) is 0 Å². The Bertz CT molecular complexity index is 686. The summed E-state index contributed by atoms with van der Waals surface area (Å²) < 4.78 is 6.17. The monoisotopic (exact) mass is 392 g/mol. The van der Waals surface area contributed by atoms with Gasteiger partial charge in [-0.25, -0.2) is 4.79 Å². The molecule has 0 fully saturated rings. The topological polar surface area (TPSA) is 71.5 Å². The van der Waals surface area contributed by atoms with E-state index in [2.05, 4.69) is 26.2 Å². The number of rotatable bonds is 4. The quantitative estimate of drug-likeness (QED) is 0.819. The van der Waals surface area contributed by atoms with Crippen LogP contribution in [0, 0.1) is 0 Å². The van der Waals surface area contributed by atoms with E-state index in [1.165, 1.54) is 0 Å². The van der Waals surface area contributed by atoms with E-state index in [9.17, 15) is 9.90 Å². The predicted octanol–water partition coefficient (Wildman–Crippen LogP) is 4.14. The summed E-state index contributed by atoms with van der Waals surface area (Å²) in [5.41, 5.74) is 0.746. The SMILES string of the molecule is CC(C)(C)OC(=O)NC(c1cccc(Br)c1)C(O)c1cccnc1. The van der Waals surface area contributed by atoms with Gasteiger partial charge in [0.2, 0.25) is 0 Å². The van der Waals surface area contributed by atoms with E-state index in [1.54, 1.807) is 45.3 Å². The number of ether oxygens (including phenoxy) is 1. The van der Waals surface area contributed by atoms with Crippen LogP contribution in [0.15, 0.2) is 53.3 Å². The van der Waals surface area contributed by atoms with E-state index < -0.39 is 23.8 Å². The molecule has 2 unspecified atom stereocenters. The summed E-state index contributed by atoms with van der Waals surface area (Å²) in [6.45, 7) is 5.37. The first-order chi connectivity index (χ1) is 11.3. The number of benzene rings is 1. The van der Waals surface area contributed by atoms with Crippen LogP contribution in [0.5, 0.6) is 0 Å². The van der Waals surface area contributed by atoms with Crippen molar-refractivity contribution < 1.29 is 14.6 Å². The van der Waals surface area contributed by atoms with Gasteiger partial charge >= 0.3 is 6.09 Å². The Hall–Kier alpha value is -1.92. The Kier molecular flexibility index (Phi) is 5.96. The molecular formula is C18H21BrN2O3. The van der Waals surface area contributed by atoms with Crippen LogP contribution in [0.4, 0.5) is 4.79 Å². The van der Waals surface area contributed by atoms with E-state index in [0.717, 1.165) is 10.0 Å². The summed E-state index contributed by atoms with van der Waals surface area (Å²) in [6, 6.07) is 10.3. The zero-order valence-electron chi connectivity index (χ0n) is 13.9. The van der Waals surface area contributed by atoms with Gasteiger partial charge in [-0.1, -0.05) is 34.1 Å². The van der Waals surface area contributed by atoms with Crippen molar-refractivity contribution in [2.75, 3.05) is 0 Å². The molecule has 2 aromatic rings. The number of hydrogen-bond acceptors (Lipinski definition) is 4. The Balaban J connectivity index is 2.29. The minimum atomic E-state index is -0.958. The van der Waals surface area contributed by atoms with Gasteiger partial charge < -0.3 is 15.2 Å². The number of amides is 1. The van der Waals surface area contributed by atoms with E-state index in [-0.39, 0.29) is 0 Å². The van der Waals surface area contributed by atoms with E-state index >= 15 is 0 Å². The van der Waals surface area contributed by atoms with Gasteiger partial charge in [-0.15, -0.1) is 0 Å². The minimum Gasteiger partial charge on any atom is -0.444 e. The molecule has 1 heterocycles. The van der Waals surface area contributed by atoms with Crippen LogP contribution in [0.25, 0.3) is 0 Å². The number of nitrogens with zero attached hydrogens (tertiary/aromatic N) is 1. The number of carbonyl (C=O) groups excluding carboxylic acids is 1. The maximum Gasteiger partial charge on any atom is 0.408 e. The molecule has 2 atom stereocenters. The van der Waals surface area contributed by atoms with Gasteiger partial charge in [-0.2, -0.15) is 0 Å². The molecule has 24 heavy (non-hydrogen) atoms. The highest BCUT2D eigenvalue weighted by Gasteiger charge is 2.27. The number of pyridine rings is 1. The number of aromatic nitrogens is 1. The van der Waals surface area contributed by atoms with Crippen LogP contribution in [-0.4, -0.2) is 21.8 Å². The molecule has 1 aromatic heterocycles. The molecule has 0 radical (unpaired) electrons. The average molecular weight is 393 g/mol. The fourth-order valence-electron chi connectivity index (χ4n) is 2.22. The Morgan fingerprint density at radius 1 is 1.25 bits per heavy atom. The maximum absolute atomic E-state index is 12.2. The standard InChI is InChI=1S/C18H21BrN2O3/c1-18(2,3)24-17(23)21-15(12-6-4-8-14(19)10-12)16(22)13-7-5-9-20-11-13/h4-11,15-16,22H,1-3H3,(H,21,23). The molecule has 0 aliphatic carbocycles. The van der Waals surface area contributed by atoms with Crippen molar-refractivity contribution >= 4 is 22.0 Å². The molecule has 0 aliphatic rings. The van der Waals surface area contributed by atoms with Gasteiger partial charge in [-0.3, -0.25) is 4.98 Å². The molecule has 2 N–H and O–H groups in total. The van der Waals surface area contributed by atoms with Crippen molar-refractivity contribution in [1.82, 2.24) is 10.3 Å². The first-order valence-electron chi connectivity index (χ1n) is 7.59. The number of aliphatic hydroxyl groups is 1. The minimum absolute atomic E-state index is 0.588. The normalized spacial score (nSPS) is 13.9. The smallest absolute Gasteiger partial charge is 0.408 e. The summed E-state index contributed by atoms with van der Waals surface area (Å²) in [7, 11) is 0. The van der Waals surface area contributed by atoms with Crippen LogP contribution >= 0.6 is 15.9 Å². The molecule has 6 heteroatoms. The first kappa shape index (κ1) is 18.4. The molecule has 0 saturated carbocycles. The van der Waals surface area contributed by atoms with Crippen molar-refractivity contribution in [3.8, 4) is 0 Å². The summed E-state index contributed by atoms with van der Waals surface area (Å²) >= 11 is 3.41. The fraction of sp³-hybridized carbons (Fsp3) is 0.333. The lowest BCUT2D eigenvalue weighted by Gasteiger charge is -2.27. The summed E-state index contributed by atoms with van der Waals surface area (Å²) in [5.74, 6) is 0. The summed E-state index contributed by atoms with van der Waals surface area (Å²) in [4.78, 5) is 16.2. The second-order valence-corrected chi connectivity index (χ2v) is 7.33. The Morgan fingerprint density at radius 3 is 2.54 bits per heavy atom. The largest absolute Gasteiger partial charge is 0.444 e. The van der Waals surface area contributed by atoms with Crippen LogP contribution in [0.3, 0.4) is 0 Å². The third-order valence-corrected chi connectivity index (χ3v) is 3.71. The van der Waals surface area contributed by atoms with E-state index in [4.69, 9.17) is 4.74 Å². The molecule has 128 valence electrons. The molecule has 2 rings (SSSR count). The van der Waals surface area contributed by atoms with E-state index in [0.29, 0.717) is 5.56 Å². The Labute approximate surface area is 150 Å². The van der Waals surface area contributed by atoms with Crippen LogP contribution in [0.1, 0.15) is 44.0 Å². The summed E-state index contributed by atoms with van der Waals surface area (Å²) in [6.07, 6.45) is 1.66. The lowest BCUT2D eigenvalue weighted by molar-refractivity contribution is 0.0419. The third-order valence-electron chi connectivity index (χ3n) is 3.22.